The van der Waals surface area contributed by atoms with Crippen LogP contribution in [0.3, 0.4) is 0 Å². The highest BCUT2D eigenvalue weighted by atomic mass is 32.1. The zero-order valence-electron chi connectivity index (χ0n) is 29.4. The SMILES string of the molecule is CC(C)CC1CN(c2csc(-c3nn(C(c4ccccc4)(c4ccccc4)c4ccccc4)c4ncccc34)n2)CCN1C(=O)OC(C)(C)C. The lowest BCUT2D eigenvalue weighted by Gasteiger charge is -2.42. The third-order valence-electron chi connectivity index (χ3n) is 9.21. The van der Waals surface area contributed by atoms with Gasteiger partial charge in [0, 0.05) is 36.6 Å². The summed E-state index contributed by atoms with van der Waals surface area (Å²) in [6.45, 7) is 12.1. The average molecular weight is 685 g/mol. The van der Waals surface area contributed by atoms with E-state index in [1.54, 1.807) is 11.3 Å². The maximum atomic E-state index is 13.2. The summed E-state index contributed by atoms with van der Waals surface area (Å²) in [6.07, 6.45) is 2.47. The summed E-state index contributed by atoms with van der Waals surface area (Å²) in [7, 11) is 0. The summed E-state index contributed by atoms with van der Waals surface area (Å²) in [5, 5.41) is 9.34. The highest BCUT2D eigenvalue weighted by molar-refractivity contribution is 7.13. The molecule has 0 saturated carbocycles. The highest BCUT2D eigenvalue weighted by Crippen LogP contribution is 2.44. The van der Waals surface area contributed by atoms with Gasteiger partial charge in [-0.05, 0) is 61.9 Å². The molecule has 9 heteroatoms. The smallest absolute Gasteiger partial charge is 0.410 e. The van der Waals surface area contributed by atoms with Crippen LogP contribution in [0.4, 0.5) is 10.6 Å². The third kappa shape index (κ3) is 6.38. The molecule has 1 saturated heterocycles. The summed E-state index contributed by atoms with van der Waals surface area (Å²) in [5.41, 5.74) is 3.47. The number of carbonyl (C=O) groups excluding carboxylic acids is 1. The molecular formula is C41H44N6O2S. The van der Waals surface area contributed by atoms with E-state index >= 15 is 0 Å². The molecule has 1 atom stereocenters. The number of thiazole rings is 1. The number of piperazine rings is 1. The highest BCUT2D eigenvalue weighted by Gasteiger charge is 2.42. The van der Waals surface area contributed by atoms with Crippen LogP contribution in [0.5, 0.6) is 0 Å². The molecule has 6 aromatic rings. The molecule has 0 radical (unpaired) electrons. The lowest BCUT2D eigenvalue weighted by molar-refractivity contribution is 0.0119. The van der Waals surface area contributed by atoms with Gasteiger partial charge in [-0.2, -0.15) is 5.10 Å². The molecule has 0 spiro atoms. The van der Waals surface area contributed by atoms with Crippen molar-refractivity contribution in [2.45, 2.75) is 58.2 Å². The monoisotopic (exact) mass is 684 g/mol. The molecule has 7 rings (SSSR count). The standard InChI is InChI=1S/C41H44N6O2S/c1-29(2)26-33-27-45(24-25-46(33)39(48)49-40(3,4)5)35-28-50-38(43-35)36-34-22-15-23-42-37(34)47(44-36)41(30-16-9-6-10-17-30,31-18-11-7-12-19-31)32-20-13-8-14-21-32/h6-23,28-29,33H,24-27H2,1-5H3. The van der Waals surface area contributed by atoms with Crippen molar-refractivity contribution in [1.29, 1.82) is 0 Å². The Morgan fingerprint density at radius 2 is 1.46 bits per heavy atom. The van der Waals surface area contributed by atoms with Crippen molar-refractivity contribution in [3.63, 3.8) is 0 Å². The fourth-order valence-corrected chi connectivity index (χ4v) is 7.97. The predicted molar refractivity (Wildman–Crippen MR) is 202 cm³/mol. The van der Waals surface area contributed by atoms with Gasteiger partial charge in [0.25, 0.3) is 0 Å². The van der Waals surface area contributed by atoms with Crippen LogP contribution < -0.4 is 4.90 Å². The van der Waals surface area contributed by atoms with Gasteiger partial charge in [-0.3, -0.25) is 0 Å². The number of rotatable bonds is 8. The fraction of sp³-hybridized carbons (Fsp3) is 0.317. The summed E-state index contributed by atoms with van der Waals surface area (Å²) >= 11 is 1.59. The van der Waals surface area contributed by atoms with Crippen molar-refractivity contribution in [3.8, 4) is 10.7 Å². The zero-order chi connectivity index (χ0) is 34.9. The van der Waals surface area contributed by atoms with Crippen molar-refractivity contribution in [2.75, 3.05) is 24.5 Å². The normalized spacial score (nSPS) is 15.5. The molecule has 0 aliphatic carbocycles. The number of pyridine rings is 1. The van der Waals surface area contributed by atoms with Crippen molar-refractivity contribution >= 4 is 34.3 Å². The van der Waals surface area contributed by atoms with Crippen molar-refractivity contribution in [2.24, 2.45) is 5.92 Å². The molecule has 256 valence electrons. The quantitative estimate of drug-likeness (QED) is 0.149. The Morgan fingerprint density at radius 1 is 0.860 bits per heavy atom. The summed E-state index contributed by atoms with van der Waals surface area (Å²) < 4.78 is 7.89. The van der Waals surface area contributed by atoms with Gasteiger partial charge < -0.3 is 14.5 Å². The molecule has 4 heterocycles. The van der Waals surface area contributed by atoms with Gasteiger partial charge in [0.15, 0.2) is 5.65 Å². The maximum absolute atomic E-state index is 13.2. The Labute approximate surface area is 298 Å². The topological polar surface area (TPSA) is 76.4 Å². The number of fused-ring (bicyclic) bond motifs is 1. The Morgan fingerprint density at radius 3 is 2.02 bits per heavy atom. The molecule has 0 N–H and O–H groups in total. The van der Waals surface area contributed by atoms with E-state index < -0.39 is 11.1 Å². The molecule has 1 amide bonds. The first kappa shape index (κ1) is 33.5. The fourth-order valence-electron chi connectivity index (χ4n) is 7.14. The number of ether oxygens (including phenoxy) is 1. The lowest BCUT2D eigenvalue weighted by Crippen LogP contribution is -2.56. The minimum absolute atomic E-state index is 0.0243. The molecule has 1 fully saturated rings. The molecule has 1 aliphatic heterocycles. The van der Waals surface area contributed by atoms with Crippen LogP contribution in [0.2, 0.25) is 0 Å². The third-order valence-corrected chi connectivity index (χ3v) is 10.0. The molecule has 0 bridgehead atoms. The Bertz CT molecular complexity index is 1960. The Kier molecular flexibility index (Phi) is 9.18. The number of hydrogen-bond acceptors (Lipinski definition) is 7. The van der Waals surface area contributed by atoms with E-state index in [-0.39, 0.29) is 12.1 Å². The van der Waals surface area contributed by atoms with Crippen LogP contribution in [0, 0.1) is 5.92 Å². The van der Waals surface area contributed by atoms with Crippen LogP contribution in [0.25, 0.3) is 21.7 Å². The first-order valence-electron chi connectivity index (χ1n) is 17.4. The zero-order valence-corrected chi connectivity index (χ0v) is 30.2. The summed E-state index contributed by atoms with van der Waals surface area (Å²) in [5.74, 6) is 1.33. The van der Waals surface area contributed by atoms with Crippen molar-refractivity contribution in [1.82, 2.24) is 24.6 Å². The molecule has 1 aliphatic rings. The average Bonchev–Trinajstić information content (AvgIpc) is 3.75. The number of anilines is 1. The Hall–Kier alpha value is -5.02. The van der Waals surface area contributed by atoms with E-state index in [1.807, 2.05) is 56.1 Å². The molecule has 3 aromatic heterocycles. The molecule has 50 heavy (non-hydrogen) atoms. The Balaban J connectivity index is 1.32. The first-order valence-corrected chi connectivity index (χ1v) is 18.2. The van der Waals surface area contributed by atoms with E-state index in [2.05, 4.69) is 108 Å². The summed E-state index contributed by atoms with van der Waals surface area (Å²) in [6, 6.07) is 35.7. The number of benzene rings is 3. The summed E-state index contributed by atoms with van der Waals surface area (Å²) in [4.78, 5) is 27.6. The number of hydrogen-bond donors (Lipinski definition) is 0. The number of aromatic nitrogens is 4. The van der Waals surface area contributed by atoms with E-state index in [9.17, 15) is 4.79 Å². The van der Waals surface area contributed by atoms with Crippen molar-refractivity contribution < 1.29 is 9.53 Å². The minimum atomic E-state index is -0.809. The van der Waals surface area contributed by atoms with Gasteiger partial charge in [0.1, 0.15) is 27.7 Å². The molecular weight excluding hydrogens is 641 g/mol. The number of carbonyl (C=O) groups is 1. The van der Waals surface area contributed by atoms with Crippen LogP contribution >= 0.6 is 11.3 Å². The number of amides is 1. The van der Waals surface area contributed by atoms with Crippen molar-refractivity contribution in [3.05, 3.63) is 131 Å². The van der Waals surface area contributed by atoms with Crippen LogP contribution in [0.15, 0.2) is 115 Å². The van der Waals surface area contributed by atoms with E-state index in [0.29, 0.717) is 25.6 Å². The van der Waals surface area contributed by atoms with E-state index in [0.717, 1.165) is 50.7 Å². The van der Waals surface area contributed by atoms with E-state index in [1.165, 1.54) is 0 Å². The van der Waals surface area contributed by atoms with Crippen LogP contribution in [0.1, 0.15) is 57.7 Å². The van der Waals surface area contributed by atoms with Gasteiger partial charge >= 0.3 is 6.09 Å². The second-order valence-electron chi connectivity index (χ2n) is 14.4. The second-order valence-corrected chi connectivity index (χ2v) is 15.2. The second kappa shape index (κ2) is 13.7. The first-order chi connectivity index (χ1) is 24.1. The van der Waals surface area contributed by atoms with Gasteiger partial charge in [0.2, 0.25) is 0 Å². The molecule has 1 unspecified atom stereocenters. The van der Waals surface area contributed by atoms with Crippen LogP contribution in [-0.2, 0) is 10.3 Å². The molecule has 8 nitrogen and oxygen atoms in total. The van der Waals surface area contributed by atoms with Gasteiger partial charge in [0.05, 0.1) is 6.04 Å². The minimum Gasteiger partial charge on any atom is -0.444 e. The van der Waals surface area contributed by atoms with Gasteiger partial charge in [-0.15, -0.1) is 11.3 Å². The van der Waals surface area contributed by atoms with Crippen LogP contribution in [-0.4, -0.2) is 62.0 Å². The van der Waals surface area contributed by atoms with Gasteiger partial charge in [-0.25, -0.2) is 19.4 Å². The van der Waals surface area contributed by atoms with E-state index in [4.69, 9.17) is 19.8 Å². The number of nitrogens with zero attached hydrogens (tertiary/aromatic N) is 6. The maximum Gasteiger partial charge on any atom is 0.410 e. The largest absolute Gasteiger partial charge is 0.444 e. The lowest BCUT2D eigenvalue weighted by atomic mass is 9.77. The molecule has 3 aromatic carbocycles. The van der Waals surface area contributed by atoms with Gasteiger partial charge in [-0.1, -0.05) is 105 Å². The predicted octanol–water partition coefficient (Wildman–Crippen LogP) is 8.87.